The van der Waals surface area contributed by atoms with E-state index < -0.39 is 0 Å². The highest BCUT2D eigenvalue weighted by atomic mass is 35.5. The highest BCUT2D eigenvalue weighted by molar-refractivity contribution is 7.15. The van der Waals surface area contributed by atoms with Crippen molar-refractivity contribution in [2.45, 2.75) is 5.88 Å². The van der Waals surface area contributed by atoms with Crippen molar-refractivity contribution in [3.63, 3.8) is 0 Å². The molecule has 19 heavy (non-hydrogen) atoms. The first-order chi connectivity index (χ1) is 9.20. The van der Waals surface area contributed by atoms with Crippen LogP contribution in [-0.4, -0.2) is 16.4 Å². The molecule has 0 amide bonds. The Hall–Kier alpha value is -1.59. The first-order valence-electron chi connectivity index (χ1n) is 5.70. The Morgan fingerprint density at radius 2 is 2.11 bits per heavy atom. The number of thiazole rings is 1. The lowest BCUT2D eigenvalue weighted by Crippen LogP contribution is -2.11. The monoisotopic (exact) mass is 295 g/mol. The number of aromatic nitrogens is 2. The molecule has 0 saturated heterocycles. The first-order valence-corrected chi connectivity index (χ1v) is 7.12. The summed E-state index contributed by atoms with van der Waals surface area (Å²) in [5, 5.41) is 1.97. The number of rotatable bonds is 3. The number of halogens is 2. The van der Waals surface area contributed by atoms with Gasteiger partial charge in [-0.2, -0.15) is 0 Å². The van der Waals surface area contributed by atoms with Gasteiger partial charge in [-0.05, 0) is 24.3 Å². The van der Waals surface area contributed by atoms with E-state index in [9.17, 15) is 4.39 Å². The average molecular weight is 296 g/mol. The molecule has 0 aliphatic carbocycles. The fraction of sp³-hybridized carbons (Fsp3) is 0.154. The Morgan fingerprint density at radius 1 is 1.37 bits per heavy atom. The third-order valence-electron chi connectivity index (χ3n) is 3.00. The number of anilines is 2. The second kappa shape index (κ2) is 4.83. The largest absolute Gasteiger partial charge is 0.328 e. The average Bonchev–Trinajstić information content (AvgIpc) is 2.98. The summed E-state index contributed by atoms with van der Waals surface area (Å²) in [5.74, 6) is 0.924. The lowest BCUT2D eigenvalue weighted by molar-refractivity contribution is 0.628. The predicted molar refractivity (Wildman–Crippen MR) is 77.1 cm³/mol. The third kappa shape index (κ3) is 2.09. The van der Waals surface area contributed by atoms with Crippen LogP contribution in [0.5, 0.6) is 0 Å². The molecule has 0 aliphatic rings. The summed E-state index contributed by atoms with van der Waals surface area (Å²) >= 11 is 7.58. The molecule has 0 unspecified atom stereocenters. The van der Waals surface area contributed by atoms with E-state index in [1.165, 1.54) is 12.1 Å². The van der Waals surface area contributed by atoms with Crippen LogP contribution >= 0.6 is 22.9 Å². The van der Waals surface area contributed by atoms with Crippen molar-refractivity contribution in [3.8, 4) is 0 Å². The van der Waals surface area contributed by atoms with Gasteiger partial charge in [-0.15, -0.1) is 22.9 Å². The van der Waals surface area contributed by atoms with Crippen LogP contribution < -0.4 is 4.90 Å². The van der Waals surface area contributed by atoms with Gasteiger partial charge in [-0.3, -0.25) is 4.40 Å². The molecule has 0 N–H and O–H groups in total. The molecule has 0 saturated carbocycles. The summed E-state index contributed by atoms with van der Waals surface area (Å²) < 4.78 is 14.9. The zero-order valence-electron chi connectivity index (χ0n) is 10.2. The third-order valence-corrected chi connectivity index (χ3v) is 4.01. The molecule has 0 radical (unpaired) electrons. The van der Waals surface area contributed by atoms with Crippen molar-refractivity contribution in [3.05, 3.63) is 47.4 Å². The standard InChI is InChI=1S/C13H11ClFN3S/c1-17(10-4-2-9(15)3-5-10)12-11(8-14)18-6-7-19-13(18)16-12/h2-7H,8H2,1H3. The zero-order chi connectivity index (χ0) is 13.4. The second-order valence-electron chi connectivity index (χ2n) is 4.11. The van der Waals surface area contributed by atoms with Crippen LogP contribution in [-0.2, 0) is 5.88 Å². The van der Waals surface area contributed by atoms with Gasteiger partial charge in [0.15, 0.2) is 10.8 Å². The van der Waals surface area contributed by atoms with Crippen molar-refractivity contribution < 1.29 is 4.39 Å². The van der Waals surface area contributed by atoms with E-state index in [0.717, 1.165) is 22.2 Å². The van der Waals surface area contributed by atoms with Gasteiger partial charge < -0.3 is 4.90 Å². The van der Waals surface area contributed by atoms with Crippen LogP contribution in [0.1, 0.15) is 5.69 Å². The molecule has 98 valence electrons. The highest BCUT2D eigenvalue weighted by Crippen LogP contribution is 2.30. The normalized spacial score (nSPS) is 11.1. The maximum Gasteiger partial charge on any atom is 0.195 e. The van der Waals surface area contributed by atoms with Crippen LogP contribution in [0.3, 0.4) is 0 Å². The van der Waals surface area contributed by atoms with Gasteiger partial charge >= 0.3 is 0 Å². The summed E-state index contributed by atoms with van der Waals surface area (Å²) in [7, 11) is 1.90. The lowest BCUT2D eigenvalue weighted by atomic mass is 10.3. The molecule has 1 aromatic carbocycles. The van der Waals surface area contributed by atoms with Gasteiger partial charge in [0.05, 0.1) is 11.6 Å². The summed E-state index contributed by atoms with van der Waals surface area (Å²) in [6.45, 7) is 0. The van der Waals surface area contributed by atoms with Crippen LogP contribution in [0.4, 0.5) is 15.9 Å². The maximum atomic E-state index is 13.0. The smallest absolute Gasteiger partial charge is 0.195 e. The van der Waals surface area contributed by atoms with Crippen LogP contribution in [0, 0.1) is 5.82 Å². The van der Waals surface area contributed by atoms with Crippen LogP contribution in [0.2, 0.25) is 0 Å². The molecule has 3 aromatic rings. The van der Waals surface area contributed by atoms with Crippen LogP contribution in [0.15, 0.2) is 35.8 Å². The molecule has 3 nitrogen and oxygen atoms in total. The van der Waals surface area contributed by atoms with Crippen molar-refractivity contribution in [1.82, 2.24) is 9.38 Å². The fourth-order valence-electron chi connectivity index (χ4n) is 2.00. The van der Waals surface area contributed by atoms with E-state index in [0.29, 0.717) is 5.88 Å². The number of imidazole rings is 1. The summed E-state index contributed by atoms with van der Waals surface area (Å²) in [6.07, 6.45) is 1.95. The maximum absolute atomic E-state index is 13.0. The summed E-state index contributed by atoms with van der Waals surface area (Å²) in [5.41, 5.74) is 1.81. The molecule has 0 aliphatic heterocycles. The van der Waals surface area contributed by atoms with E-state index in [-0.39, 0.29) is 5.82 Å². The molecule has 6 heteroatoms. The minimum absolute atomic E-state index is 0.249. The van der Waals surface area contributed by atoms with Gasteiger partial charge in [0.2, 0.25) is 0 Å². The van der Waals surface area contributed by atoms with E-state index >= 15 is 0 Å². The SMILES string of the molecule is CN(c1ccc(F)cc1)c1nc2sccn2c1CCl. The minimum Gasteiger partial charge on any atom is -0.328 e. The van der Waals surface area contributed by atoms with E-state index in [2.05, 4.69) is 4.98 Å². The van der Waals surface area contributed by atoms with E-state index in [1.807, 2.05) is 27.9 Å². The van der Waals surface area contributed by atoms with E-state index in [1.54, 1.807) is 23.5 Å². The Labute approximate surface area is 118 Å². The van der Waals surface area contributed by atoms with Crippen molar-refractivity contribution in [2.75, 3.05) is 11.9 Å². The Balaban J connectivity index is 2.07. The predicted octanol–water partition coefficient (Wildman–Crippen LogP) is 4.04. The molecular weight excluding hydrogens is 285 g/mol. The number of benzene rings is 1. The Kier molecular flexibility index (Phi) is 3.16. The van der Waals surface area contributed by atoms with Crippen molar-refractivity contribution in [2.24, 2.45) is 0 Å². The van der Waals surface area contributed by atoms with Gasteiger partial charge in [0.25, 0.3) is 0 Å². The number of hydrogen-bond acceptors (Lipinski definition) is 3. The number of alkyl halides is 1. The van der Waals surface area contributed by atoms with Gasteiger partial charge in [-0.1, -0.05) is 0 Å². The highest BCUT2D eigenvalue weighted by Gasteiger charge is 2.16. The molecule has 0 spiro atoms. The summed E-state index contributed by atoms with van der Waals surface area (Å²) in [4.78, 5) is 7.39. The van der Waals surface area contributed by atoms with Crippen molar-refractivity contribution in [1.29, 1.82) is 0 Å². The molecular formula is C13H11ClFN3S. The zero-order valence-corrected chi connectivity index (χ0v) is 11.7. The second-order valence-corrected chi connectivity index (χ2v) is 5.25. The Bertz CT molecular complexity index is 704. The van der Waals surface area contributed by atoms with E-state index in [4.69, 9.17) is 11.6 Å². The summed E-state index contributed by atoms with van der Waals surface area (Å²) in [6, 6.07) is 6.32. The molecule has 0 atom stereocenters. The topological polar surface area (TPSA) is 20.5 Å². The van der Waals surface area contributed by atoms with Gasteiger partial charge in [0.1, 0.15) is 5.82 Å². The van der Waals surface area contributed by atoms with Crippen molar-refractivity contribution >= 4 is 39.4 Å². The molecule has 0 bridgehead atoms. The van der Waals surface area contributed by atoms with Gasteiger partial charge in [-0.25, -0.2) is 9.37 Å². The number of nitrogens with zero attached hydrogens (tertiary/aromatic N) is 3. The number of fused-ring (bicyclic) bond motifs is 1. The lowest BCUT2D eigenvalue weighted by Gasteiger charge is -2.17. The quantitative estimate of drug-likeness (QED) is 0.680. The number of hydrogen-bond donors (Lipinski definition) is 0. The molecule has 0 fully saturated rings. The van der Waals surface area contributed by atoms with Crippen LogP contribution in [0.25, 0.3) is 4.96 Å². The molecule has 2 aromatic heterocycles. The minimum atomic E-state index is -0.249. The molecule has 3 rings (SSSR count). The Morgan fingerprint density at radius 3 is 2.79 bits per heavy atom. The van der Waals surface area contributed by atoms with Gasteiger partial charge in [0, 0.05) is 24.3 Å². The first kappa shape index (κ1) is 12.4. The fourth-order valence-corrected chi connectivity index (χ4v) is 2.98. The molecule has 2 heterocycles.